The Morgan fingerprint density at radius 2 is 1.68 bits per heavy atom. The van der Waals surface area contributed by atoms with E-state index in [9.17, 15) is 4.79 Å². The van der Waals surface area contributed by atoms with Gasteiger partial charge in [-0.3, -0.25) is 4.79 Å². The number of carbonyl (C=O) groups is 1. The molecule has 0 N–H and O–H groups in total. The smallest absolute Gasteiger partial charge is 0.225 e. The average molecular weight is 501 g/mol. The number of ether oxygens (including phenoxy) is 4. The Morgan fingerprint density at radius 3 is 2.35 bits per heavy atom. The molecule has 7 heteroatoms. The topological polar surface area (TPSA) is 69.6 Å². The van der Waals surface area contributed by atoms with Gasteiger partial charge < -0.3 is 23.8 Å². The lowest BCUT2D eigenvalue weighted by atomic mass is 9.87. The van der Waals surface area contributed by atoms with Crippen molar-refractivity contribution in [1.29, 1.82) is 0 Å². The predicted octanol–water partition coefficient (Wildman–Crippen LogP) is 4.81. The number of benzene rings is 3. The van der Waals surface area contributed by atoms with E-state index in [1.54, 1.807) is 21.3 Å². The van der Waals surface area contributed by atoms with E-state index in [1.165, 1.54) is 0 Å². The van der Waals surface area contributed by atoms with Crippen molar-refractivity contribution < 1.29 is 23.7 Å². The number of hydrogen-bond donors (Lipinski definition) is 0. The number of carbonyl (C=O) groups excluding carboxylic acids is 1. The summed E-state index contributed by atoms with van der Waals surface area (Å²) in [6, 6.07) is 21.3. The molecule has 0 saturated carbocycles. The standard InChI is InChI=1S/C30H32N2O5/c1-19-25(31-30(37-19)21-10-12-23(34-2)13-11-21)18-28(33)32-15-14-22-16-26(35-3)27(36-4)17-24(22)29(32)20-8-6-5-7-9-20/h5-13,16-17,19,25,29H,14-15,18H2,1-4H3. The van der Waals surface area contributed by atoms with Gasteiger partial charge >= 0.3 is 0 Å². The molecule has 0 radical (unpaired) electrons. The summed E-state index contributed by atoms with van der Waals surface area (Å²) in [5.41, 5.74) is 4.15. The molecule has 0 aromatic heterocycles. The zero-order valence-electron chi connectivity index (χ0n) is 21.6. The van der Waals surface area contributed by atoms with Crippen LogP contribution in [0, 0.1) is 0 Å². The van der Waals surface area contributed by atoms with Crippen LogP contribution >= 0.6 is 0 Å². The summed E-state index contributed by atoms with van der Waals surface area (Å²) in [4.78, 5) is 20.6. The number of amides is 1. The van der Waals surface area contributed by atoms with Gasteiger partial charge in [-0.2, -0.15) is 0 Å². The first-order valence-corrected chi connectivity index (χ1v) is 12.5. The first-order valence-electron chi connectivity index (χ1n) is 12.5. The molecule has 0 saturated heterocycles. The molecule has 3 unspecified atom stereocenters. The lowest BCUT2D eigenvalue weighted by Gasteiger charge is -2.38. The second-order valence-electron chi connectivity index (χ2n) is 9.31. The molecule has 2 aliphatic heterocycles. The Kier molecular flexibility index (Phi) is 7.04. The molecule has 7 nitrogen and oxygen atoms in total. The molecule has 0 bridgehead atoms. The molecule has 3 aromatic carbocycles. The van der Waals surface area contributed by atoms with Crippen molar-refractivity contribution in [3.05, 3.63) is 89.0 Å². The Hall–Kier alpha value is -4.00. The van der Waals surface area contributed by atoms with Gasteiger partial charge in [0.05, 0.1) is 39.8 Å². The summed E-state index contributed by atoms with van der Waals surface area (Å²) in [6.45, 7) is 2.58. The molecular formula is C30H32N2O5. The van der Waals surface area contributed by atoms with Crippen LogP contribution in [-0.2, 0) is 16.0 Å². The van der Waals surface area contributed by atoms with Crippen LogP contribution in [0.2, 0.25) is 0 Å². The summed E-state index contributed by atoms with van der Waals surface area (Å²) in [7, 11) is 4.91. The van der Waals surface area contributed by atoms with Gasteiger partial charge in [0, 0.05) is 12.1 Å². The van der Waals surface area contributed by atoms with Gasteiger partial charge in [0.25, 0.3) is 0 Å². The van der Waals surface area contributed by atoms with Crippen molar-refractivity contribution in [2.45, 2.75) is 38.0 Å². The van der Waals surface area contributed by atoms with Gasteiger partial charge in [-0.1, -0.05) is 30.3 Å². The SMILES string of the molecule is COc1ccc(C2=NC(CC(=O)N3CCc4cc(OC)c(OC)cc4C3c3ccccc3)C(C)O2)cc1. The Morgan fingerprint density at radius 1 is 0.973 bits per heavy atom. The van der Waals surface area contributed by atoms with E-state index in [0.717, 1.165) is 34.4 Å². The van der Waals surface area contributed by atoms with E-state index in [2.05, 4.69) is 12.1 Å². The number of rotatable bonds is 7. The van der Waals surface area contributed by atoms with Crippen LogP contribution in [-0.4, -0.2) is 56.7 Å². The summed E-state index contributed by atoms with van der Waals surface area (Å²) in [5.74, 6) is 2.74. The number of fused-ring (bicyclic) bond motifs is 1. The van der Waals surface area contributed by atoms with E-state index < -0.39 is 0 Å². The van der Waals surface area contributed by atoms with Gasteiger partial charge in [-0.05, 0) is 66.4 Å². The number of methoxy groups -OCH3 is 3. The van der Waals surface area contributed by atoms with Crippen LogP contribution in [0.3, 0.4) is 0 Å². The van der Waals surface area contributed by atoms with Crippen LogP contribution in [0.4, 0.5) is 0 Å². The second kappa shape index (κ2) is 10.5. The van der Waals surface area contributed by atoms with Crippen LogP contribution in [0.1, 0.15) is 41.6 Å². The molecule has 2 heterocycles. The number of aliphatic imine (C=N–C) groups is 1. The summed E-state index contributed by atoms with van der Waals surface area (Å²) in [5, 5.41) is 0. The monoisotopic (exact) mass is 500 g/mol. The molecule has 3 aromatic rings. The third kappa shape index (κ3) is 4.86. The molecular weight excluding hydrogens is 468 g/mol. The lowest BCUT2D eigenvalue weighted by Crippen LogP contribution is -2.42. The maximum absolute atomic E-state index is 13.8. The van der Waals surface area contributed by atoms with Crippen LogP contribution < -0.4 is 14.2 Å². The minimum Gasteiger partial charge on any atom is -0.497 e. The zero-order chi connectivity index (χ0) is 25.9. The molecule has 37 heavy (non-hydrogen) atoms. The molecule has 192 valence electrons. The molecule has 3 atom stereocenters. The van der Waals surface area contributed by atoms with Crippen molar-refractivity contribution in [2.75, 3.05) is 27.9 Å². The largest absolute Gasteiger partial charge is 0.497 e. The highest BCUT2D eigenvalue weighted by Crippen LogP contribution is 2.41. The Bertz CT molecular complexity index is 1290. The Labute approximate surface area is 217 Å². The third-order valence-corrected chi connectivity index (χ3v) is 7.15. The van der Waals surface area contributed by atoms with Crippen molar-refractivity contribution >= 4 is 11.8 Å². The van der Waals surface area contributed by atoms with Crippen molar-refractivity contribution in [3.8, 4) is 17.2 Å². The van der Waals surface area contributed by atoms with Gasteiger partial charge in [0.15, 0.2) is 11.5 Å². The fourth-order valence-corrected chi connectivity index (χ4v) is 5.13. The zero-order valence-corrected chi connectivity index (χ0v) is 21.6. The lowest BCUT2D eigenvalue weighted by molar-refractivity contribution is -0.134. The van der Waals surface area contributed by atoms with Crippen LogP contribution in [0.5, 0.6) is 17.2 Å². The van der Waals surface area contributed by atoms with Crippen LogP contribution in [0.15, 0.2) is 71.7 Å². The first kappa shape index (κ1) is 24.7. The van der Waals surface area contributed by atoms with Crippen molar-refractivity contribution in [2.24, 2.45) is 4.99 Å². The van der Waals surface area contributed by atoms with Gasteiger partial charge in [-0.15, -0.1) is 0 Å². The van der Waals surface area contributed by atoms with Gasteiger partial charge in [0.1, 0.15) is 11.9 Å². The molecule has 5 rings (SSSR count). The number of hydrogen-bond acceptors (Lipinski definition) is 6. The third-order valence-electron chi connectivity index (χ3n) is 7.15. The second-order valence-corrected chi connectivity index (χ2v) is 9.31. The molecule has 0 fully saturated rings. The fraction of sp³-hybridized carbons (Fsp3) is 0.333. The highest BCUT2D eigenvalue weighted by molar-refractivity contribution is 5.96. The van der Waals surface area contributed by atoms with E-state index in [-0.39, 0.29) is 30.5 Å². The quantitative estimate of drug-likeness (QED) is 0.466. The van der Waals surface area contributed by atoms with Crippen molar-refractivity contribution in [3.63, 3.8) is 0 Å². The molecule has 2 aliphatic rings. The average Bonchev–Trinajstić information content (AvgIpc) is 3.31. The summed E-state index contributed by atoms with van der Waals surface area (Å²) in [6.07, 6.45) is 0.812. The molecule has 0 spiro atoms. The van der Waals surface area contributed by atoms with Crippen molar-refractivity contribution in [1.82, 2.24) is 4.90 Å². The maximum atomic E-state index is 13.8. The van der Waals surface area contributed by atoms with E-state index in [1.807, 2.05) is 66.4 Å². The minimum atomic E-state index is -0.257. The molecule has 1 amide bonds. The first-order chi connectivity index (χ1) is 18.0. The van der Waals surface area contributed by atoms with E-state index in [0.29, 0.717) is 23.9 Å². The molecule has 0 aliphatic carbocycles. The predicted molar refractivity (Wildman–Crippen MR) is 142 cm³/mol. The van der Waals surface area contributed by atoms with Crippen LogP contribution in [0.25, 0.3) is 0 Å². The van der Waals surface area contributed by atoms with E-state index in [4.69, 9.17) is 23.9 Å². The van der Waals surface area contributed by atoms with Gasteiger partial charge in [0.2, 0.25) is 11.8 Å². The summed E-state index contributed by atoms with van der Waals surface area (Å²) < 4.78 is 22.4. The number of nitrogens with zero attached hydrogens (tertiary/aromatic N) is 2. The highest BCUT2D eigenvalue weighted by atomic mass is 16.5. The summed E-state index contributed by atoms with van der Waals surface area (Å²) >= 11 is 0. The minimum absolute atomic E-state index is 0.0504. The maximum Gasteiger partial charge on any atom is 0.225 e. The normalized spacial score (nSPS) is 20.5. The van der Waals surface area contributed by atoms with Gasteiger partial charge in [-0.25, -0.2) is 4.99 Å². The fourth-order valence-electron chi connectivity index (χ4n) is 5.13. The van der Waals surface area contributed by atoms with E-state index >= 15 is 0 Å². The highest BCUT2D eigenvalue weighted by Gasteiger charge is 2.37. The Balaban J connectivity index is 1.43.